The van der Waals surface area contributed by atoms with Crippen molar-refractivity contribution in [3.63, 3.8) is 0 Å². The van der Waals surface area contributed by atoms with E-state index in [0.717, 1.165) is 16.8 Å². The van der Waals surface area contributed by atoms with Crippen molar-refractivity contribution < 1.29 is 9.53 Å². The highest BCUT2D eigenvalue weighted by molar-refractivity contribution is 5.88. The van der Waals surface area contributed by atoms with Gasteiger partial charge in [0.25, 0.3) is 0 Å². The number of methoxy groups -OCH3 is 1. The van der Waals surface area contributed by atoms with E-state index >= 15 is 0 Å². The molecule has 118 valence electrons. The van der Waals surface area contributed by atoms with Crippen LogP contribution in [-0.2, 0) is 4.74 Å². The largest absolute Gasteiger partial charge is 0.464 e. The van der Waals surface area contributed by atoms with E-state index in [1.807, 2.05) is 25.1 Å². The lowest BCUT2D eigenvalue weighted by atomic mass is 10.1. The van der Waals surface area contributed by atoms with Crippen molar-refractivity contribution in [2.45, 2.75) is 6.92 Å². The first kappa shape index (κ1) is 15.4. The molecule has 0 amide bonds. The van der Waals surface area contributed by atoms with E-state index in [9.17, 15) is 10.1 Å². The topological polar surface area (TPSA) is 80.8 Å². The van der Waals surface area contributed by atoms with Gasteiger partial charge < -0.3 is 9.30 Å². The van der Waals surface area contributed by atoms with Gasteiger partial charge in [-0.3, -0.25) is 4.98 Å². The van der Waals surface area contributed by atoms with E-state index in [1.165, 1.54) is 7.11 Å². The van der Waals surface area contributed by atoms with E-state index < -0.39 is 5.97 Å². The van der Waals surface area contributed by atoms with Crippen LogP contribution in [-0.4, -0.2) is 27.6 Å². The molecule has 0 saturated carbocycles. The quantitative estimate of drug-likeness (QED) is 0.694. The number of pyridine rings is 2. The normalized spacial score (nSPS) is 10.2. The molecule has 3 rings (SSSR count). The van der Waals surface area contributed by atoms with Crippen molar-refractivity contribution in [2.24, 2.45) is 0 Å². The minimum atomic E-state index is -0.480. The number of hydrogen-bond donors (Lipinski definition) is 0. The highest BCUT2D eigenvalue weighted by Gasteiger charge is 2.16. The van der Waals surface area contributed by atoms with Crippen molar-refractivity contribution >= 4 is 5.97 Å². The molecule has 6 heteroatoms. The number of ether oxygens (including phenoxy) is 1. The van der Waals surface area contributed by atoms with Gasteiger partial charge in [0.05, 0.1) is 12.8 Å². The third-order valence-corrected chi connectivity index (χ3v) is 3.69. The summed E-state index contributed by atoms with van der Waals surface area (Å²) in [6.45, 7) is 1.91. The van der Waals surface area contributed by atoms with E-state index in [0.29, 0.717) is 11.4 Å². The van der Waals surface area contributed by atoms with Gasteiger partial charge in [-0.2, -0.15) is 5.26 Å². The first-order valence-electron chi connectivity index (χ1n) is 7.24. The SMILES string of the molecule is COC(=O)c1cccn1-c1cc(-c2cccnc2C)cnc1C#N. The number of nitrogens with zero attached hydrogens (tertiary/aromatic N) is 4. The molecule has 0 aromatic carbocycles. The lowest BCUT2D eigenvalue weighted by Gasteiger charge is -2.12. The van der Waals surface area contributed by atoms with Gasteiger partial charge in [-0.1, -0.05) is 6.07 Å². The molecule has 6 nitrogen and oxygen atoms in total. The summed E-state index contributed by atoms with van der Waals surface area (Å²) in [7, 11) is 1.32. The molecule has 0 saturated heterocycles. The monoisotopic (exact) mass is 318 g/mol. The molecule has 0 atom stereocenters. The van der Waals surface area contributed by atoms with Gasteiger partial charge in [0.2, 0.25) is 0 Å². The van der Waals surface area contributed by atoms with Crippen molar-refractivity contribution in [1.82, 2.24) is 14.5 Å². The molecule has 0 aliphatic carbocycles. The Labute approximate surface area is 139 Å². The minimum Gasteiger partial charge on any atom is -0.464 e. The first-order chi connectivity index (χ1) is 11.7. The zero-order chi connectivity index (χ0) is 17.1. The van der Waals surface area contributed by atoms with E-state index in [4.69, 9.17) is 4.74 Å². The lowest BCUT2D eigenvalue weighted by molar-refractivity contribution is 0.0591. The number of aryl methyl sites for hydroxylation is 1. The predicted octanol–water partition coefficient (Wildman–Crippen LogP) is 2.90. The molecule has 0 N–H and O–H groups in total. The van der Waals surface area contributed by atoms with Crippen molar-refractivity contribution in [1.29, 1.82) is 5.26 Å². The second kappa shape index (κ2) is 6.34. The molecular formula is C18H14N4O2. The minimum absolute atomic E-state index is 0.224. The van der Waals surface area contributed by atoms with Gasteiger partial charge >= 0.3 is 5.97 Å². The fourth-order valence-electron chi connectivity index (χ4n) is 2.52. The summed E-state index contributed by atoms with van der Waals surface area (Å²) >= 11 is 0. The molecule has 0 fully saturated rings. The Morgan fingerprint density at radius 2 is 2.12 bits per heavy atom. The number of esters is 1. The zero-order valence-electron chi connectivity index (χ0n) is 13.2. The predicted molar refractivity (Wildman–Crippen MR) is 87.6 cm³/mol. The van der Waals surface area contributed by atoms with Crippen LogP contribution < -0.4 is 0 Å². The van der Waals surface area contributed by atoms with Crippen LogP contribution in [0.15, 0.2) is 48.9 Å². The number of carbonyl (C=O) groups excluding carboxylic acids is 1. The van der Waals surface area contributed by atoms with E-state index in [-0.39, 0.29) is 5.69 Å². The maximum atomic E-state index is 11.9. The second-order valence-electron chi connectivity index (χ2n) is 5.09. The summed E-state index contributed by atoms with van der Waals surface area (Å²) in [5.41, 5.74) is 3.67. The Morgan fingerprint density at radius 3 is 2.83 bits per heavy atom. The Kier molecular flexibility index (Phi) is 4.08. The van der Waals surface area contributed by atoms with Crippen LogP contribution in [0.5, 0.6) is 0 Å². The van der Waals surface area contributed by atoms with Crippen LogP contribution in [0.3, 0.4) is 0 Å². The lowest BCUT2D eigenvalue weighted by Crippen LogP contribution is -2.10. The Bertz CT molecular complexity index is 954. The van der Waals surface area contributed by atoms with E-state index in [1.54, 1.807) is 35.3 Å². The highest BCUT2D eigenvalue weighted by Crippen LogP contribution is 2.26. The second-order valence-corrected chi connectivity index (χ2v) is 5.09. The van der Waals surface area contributed by atoms with Gasteiger partial charge in [-0.05, 0) is 31.2 Å². The molecule has 0 bridgehead atoms. The molecule has 3 aromatic rings. The number of aromatic nitrogens is 3. The zero-order valence-corrected chi connectivity index (χ0v) is 13.2. The molecule has 24 heavy (non-hydrogen) atoms. The summed E-state index contributed by atoms with van der Waals surface area (Å²) in [6, 6.07) is 11.0. The Hall–Kier alpha value is -3.46. The first-order valence-corrected chi connectivity index (χ1v) is 7.24. The average molecular weight is 318 g/mol. The molecule has 0 aliphatic rings. The Morgan fingerprint density at radius 1 is 1.29 bits per heavy atom. The summed E-state index contributed by atoms with van der Waals surface area (Å²) in [5, 5.41) is 9.37. The van der Waals surface area contributed by atoms with Crippen LogP contribution in [0, 0.1) is 18.3 Å². The number of nitriles is 1. The number of carbonyl (C=O) groups is 1. The van der Waals surface area contributed by atoms with Crippen molar-refractivity contribution in [2.75, 3.05) is 7.11 Å². The average Bonchev–Trinajstić information content (AvgIpc) is 3.10. The molecule has 0 aliphatic heterocycles. The van der Waals surface area contributed by atoms with Gasteiger partial charge in [0, 0.05) is 35.4 Å². The van der Waals surface area contributed by atoms with Crippen molar-refractivity contribution in [3.8, 4) is 22.9 Å². The van der Waals surface area contributed by atoms with Gasteiger partial charge in [-0.15, -0.1) is 0 Å². The van der Waals surface area contributed by atoms with Gasteiger partial charge in [0.1, 0.15) is 11.8 Å². The third-order valence-electron chi connectivity index (χ3n) is 3.69. The summed E-state index contributed by atoms with van der Waals surface area (Å²) < 4.78 is 6.39. The summed E-state index contributed by atoms with van der Waals surface area (Å²) in [5.74, 6) is -0.480. The Balaban J connectivity index is 2.20. The molecular weight excluding hydrogens is 304 g/mol. The van der Waals surface area contributed by atoms with Crippen LogP contribution in [0.4, 0.5) is 0 Å². The van der Waals surface area contributed by atoms with Crippen molar-refractivity contribution in [3.05, 3.63) is 66.0 Å². The maximum Gasteiger partial charge on any atom is 0.355 e. The maximum absolute atomic E-state index is 11.9. The highest BCUT2D eigenvalue weighted by atomic mass is 16.5. The molecule has 0 unspecified atom stereocenters. The smallest absolute Gasteiger partial charge is 0.355 e. The molecule has 0 radical (unpaired) electrons. The third kappa shape index (κ3) is 2.63. The van der Waals surface area contributed by atoms with E-state index in [2.05, 4.69) is 16.0 Å². The molecule has 3 heterocycles. The fraction of sp³-hybridized carbons (Fsp3) is 0.111. The molecule has 3 aromatic heterocycles. The van der Waals surface area contributed by atoms with Gasteiger partial charge in [-0.25, -0.2) is 9.78 Å². The van der Waals surface area contributed by atoms with Crippen LogP contribution in [0.25, 0.3) is 16.8 Å². The summed E-state index contributed by atoms with van der Waals surface area (Å²) in [4.78, 5) is 20.4. The van der Waals surface area contributed by atoms with Crippen LogP contribution >= 0.6 is 0 Å². The van der Waals surface area contributed by atoms with Crippen LogP contribution in [0.2, 0.25) is 0 Å². The summed E-state index contributed by atoms with van der Waals surface area (Å²) in [6.07, 6.45) is 5.05. The fourth-order valence-corrected chi connectivity index (χ4v) is 2.52. The standard InChI is InChI=1S/C18H14N4O2/c1-12-14(5-3-7-20-12)13-9-17(15(10-19)21-11-13)22-8-4-6-16(22)18(23)24-2/h3-9,11H,1-2H3. The number of hydrogen-bond acceptors (Lipinski definition) is 5. The van der Waals surface area contributed by atoms with Crippen LogP contribution in [0.1, 0.15) is 21.9 Å². The van der Waals surface area contributed by atoms with Gasteiger partial charge in [0.15, 0.2) is 5.69 Å². The number of rotatable bonds is 3. The molecule has 0 spiro atoms.